The molecule has 0 radical (unpaired) electrons. The molecule has 0 aliphatic heterocycles. The van der Waals surface area contributed by atoms with Gasteiger partial charge in [0.2, 0.25) is 5.91 Å². The van der Waals surface area contributed by atoms with E-state index in [1.807, 2.05) is 0 Å². The molecule has 0 aromatic heterocycles. The smallest absolute Gasteiger partial charge is 0.242 e. The largest absolute Gasteiger partial charge is 0.352 e. The van der Waals surface area contributed by atoms with Gasteiger partial charge in [0.05, 0.1) is 0 Å². The van der Waals surface area contributed by atoms with Gasteiger partial charge >= 0.3 is 0 Å². The summed E-state index contributed by atoms with van der Waals surface area (Å²) >= 11 is 5.93. The van der Waals surface area contributed by atoms with Crippen molar-refractivity contribution < 1.29 is 13.6 Å². The lowest BCUT2D eigenvalue weighted by molar-refractivity contribution is -0.121. The van der Waals surface area contributed by atoms with Gasteiger partial charge in [-0.25, -0.2) is 8.78 Å². The number of alkyl halides is 1. The quantitative estimate of drug-likeness (QED) is 0.841. The van der Waals surface area contributed by atoms with Gasteiger partial charge < -0.3 is 5.32 Å². The Bertz CT molecular complexity index is 426. The predicted molar refractivity (Wildman–Crippen MR) is 65.4 cm³/mol. The SMILES string of the molecule is O=C(NC1CCCC1)C(Cl)c1cc(F)cc(F)c1. The lowest BCUT2D eigenvalue weighted by Crippen LogP contribution is -2.35. The van der Waals surface area contributed by atoms with Gasteiger partial charge in [-0.3, -0.25) is 4.79 Å². The van der Waals surface area contributed by atoms with Crippen molar-refractivity contribution in [2.45, 2.75) is 37.1 Å². The van der Waals surface area contributed by atoms with Crippen LogP contribution in [0.2, 0.25) is 0 Å². The third kappa shape index (κ3) is 3.19. The molecule has 98 valence electrons. The molecule has 18 heavy (non-hydrogen) atoms. The zero-order valence-electron chi connectivity index (χ0n) is 9.76. The number of amides is 1. The van der Waals surface area contributed by atoms with Crippen LogP contribution in [0.25, 0.3) is 0 Å². The molecule has 1 fully saturated rings. The maximum atomic E-state index is 13.0. The summed E-state index contributed by atoms with van der Waals surface area (Å²) in [6, 6.07) is 3.04. The van der Waals surface area contributed by atoms with Crippen LogP contribution in [-0.2, 0) is 4.79 Å². The predicted octanol–water partition coefficient (Wildman–Crippen LogP) is 3.30. The van der Waals surface area contributed by atoms with Crippen molar-refractivity contribution in [1.29, 1.82) is 0 Å². The summed E-state index contributed by atoms with van der Waals surface area (Å²) in [5, 5.41) is 1.74. The summed E-state index contributed by atoms with van der Waals surface area (Å²) < 4.78 is 26.1. The molecule has 0 heterocycles. The lowest BCUT2D eigenvalue weighted by atomic mass is 10.1. The van der Waals surface area contributed by atoms with Gasteiger partial charge in [-0.15, -0.1) is 11.6 Å². The minimum absolute atomic E-state index is 0.136. The highest BCUT2D eigenvalue weighted by Crippen LogP contribution is 2.24. The zero-order valence-corrected chi connectivity index (χ0v) is 10.5. The van der Waals surface area contributed by atoms with Crippen molar-refractivity contribution in [2.24, 2.45) is 0 Å². The number of hydrogen-bond donors (Lipinski definition) is 1. The molecule has 2 rings (SSSR count). The molecule has 0 spiro atoms. The summed E-state index contributed by atoms with van der Waals surface area (Å²) in [6.45, 7) is 0. The molecule has 1 amide bonds. The molecule has 1 aliphatic carbocycles. The molecule has 1 atom stereocenters. The van der Waals surface area contributed by atoms with Crippen LogP contribution in [0.4, 0.5) is 8.78 Å². The van der Waals surface area contributed by atoms with Crippen LogP contribution in [0.1, 0.15) is 36.6 Å². The van der Waals surface area contributed by atoms with Gasteiger partial charge in [0.15, 0.2) is 0 Å². The van der Waals surface area contributed by atoms with Crippen molar-refractivity contribution in [3.8, 4) is 0 Å². The standard InChI is InChI=1S/C13H14ClF2NO/c14-12(8-5-9(15)7-10(16)6-8)13(18)17-11-3-1-2-4-11/h5-7,11-12H,1-4H2,(H,17,18). The van der Waals surface area contributed by atoms with E-state index in [1.54, 1.807) is 0 Å². The van der Waals surface area contributed by atoms with Crippen LogP contribution >= 0.6 is 11.6 Å². The van der Waals surface area contributed by atoms with E-state index >= 15 is 0 Å². The second-order valence-electron chi connectivity index (χ2n) is 4.56. The Kier molecular flexibility index (Phi) is 4.17. The van der Waals surface area contributed by atoms with E-state index in [1.165, 1.54) is 0 Å². The maximum Gasteiger partial charge on any atom is 0.242 e. The molecule has 5 heteroatoms. The number of carbonyl (C=O) groups is 1. The summed E-state index contributed by atoms with van der Waals surface area (Å²) in [4.78, 5) is 11.8. The maximum absolute atomic E-state index is 13.0. The second-order valence-corrected chi connectivity index (χ2v) is 4.99. The second kappa shape index (κ2) is 5.65. The van der Waals surface area contributed by atoms with Crippen LogP contribution in [0, 0.1) is 11.6 Å². The molecule has 1 N–H and O–H groups in total. The fourth-order valence-corrected chi connectivity index (χ4v) is 2.41. The first-order valence-electron chi connectivity index (χ1n) is 5.96. The van der Waals surface area contributed by atoms with E-state index in [0.29, 0.717) is 0 Å². The molecular weight excluding hydrogens is 260 g/mol. The van der Waals surface area contributed by atoms with E-state index < -0.39 is 22.9 Å². The van der Waals surface area contributed by atoms with Crippen LogP contribution < -0.4 is 5.32 Å². The number of hydrogen-bond acceptors (Lipinski definition) is 1. The molecule has 1 saturated carbocycles. The molecule has 1 aromatic rings. The molecule has 2 nitrogen and oxygen atoms in total. The highest BCUT2D eigenvalue weighted by atomic mass is 35.5. The average Bonchev–Trinajstić information content (AvgIpc) is 2.79. The third-order valence-electron chi connectivity index (χ3n) is 3.11. The summed E-state index contributed by atoms with van der Waals surface area (Å²) in [5.74, 6) is -1.86. The van der Waals surface area contributed by atoms with E-state index in [0.717, 1.165) is 43.9 Å². The van der Waals surface area contributed by atoms with Gasteiger partial charge in [-0.05, 0) is 30.5 Å². The number of carbonyl (C=O) groups excluding carboxylic acids is 1. The summed E-state index contributed by atoms with van der Waals surface area (Å²) in [6.07, 6.45) is 4.05. The minimum atomic E-state index is -1.06. The molecule has 1 aliphatic rings. The van der Waals surface area contributed by atoms with Gasteiger partial charge in [-0.1, -0.05) is 12.8 Å². The number of halogens is 3. The molecule has 0 saturated heterocycles. The van der Waals surface area contributed by atoms with E-state index in [9.17, 15) is 13.6 Å². The molecule has 0 bridgehead atoms. The van der Waals surface area contributed by atoms with E-state index in [-0.39, 0.29) is 11.6 Å². The monoisotopic (exact) mass is 273 g/mol. The van der Waals surface area contributed by atoms with E-state index in [2.05, 4.69) is 5.32 Å². The average molecular weight is 274 g/mol. The Hall–Kier alpha value is -1.16. The van der Waals surface area contributed by atoms with Crippen molar-refractivity contribution in [1.82, 2.24) is 5.32 Å². The van der Waals surface area contributed by atoms with Gasteiger partial charge in [-0.2, -0.15) is 0 Å². The van der Waals surface area contributed by atoms with Crippen LogP contribution in [0.15, 0.2) is 18.2 Å². The fourth-order valence-electron chi connectivity index (χ4n) is 2.22. The van der Waals surface area contributed by atoms with Crippen molar-refractivity contribution in [3.63, 3.8) is 0 Å². The Balaban J connectivity index is 2.04. The van der Waals surface area contributed by atoms with Crippen molar-refractivity contribution in [2.75, 3.05) is 0 Å². The molecule has 1 unspecified atom stereocenters. The Morgan fingerprint density at radius 2 is 1.78 bits per heavy atom. The Labute approximate surface area is 109 Å². The normalized spacial score (nSPS) is 17.7. The fraction of sp³-hybridized carbons (Fsp3) is 0.462. The zero-order chi connectivity index (χ0) is 13.1. The van der Waals surface area contributed by atoms with E-state index in [4.69, 9.17) is 11.6 Å². The van der Waals surface area contributed by atoms with Gasteiger partial charge in [0, 0.05) is 12.1 Å². The van der Waals surface area contributed by atoms with Crippen LogP contribution in [0.3, 0.4) is 0 Å². The third-order valence-corrected chi connectivity index (χ3v) is 3.56. The Morgan fingerprint density at radius 1 is 1.22 bits per heavy atom. The van der Waals surface area contributed by atoms with Crippen molar-refractivity contribution in [3.05, 3.63) is 35.4 Å². The van der Waals surface area contributed by atoms with Crippen LogP contribution in [0.5, 0.6) is 0 Å². The Morgan fingerprint density at radius 3 is 2.33 bits per heavy atom. The summed E-state index contributed by atoms with van der Waals surface area (Å²) in [5.41, 5.74) is 0.143. The minimum Gasteiger partial charge on any atom is -0.352 e. The molecular formula is C13H14ClF2NO. The summed E-state index contributed by atoms with van der Waals surface area (Å²) in [7, 11) is 0. The van der Waals surface area contributed by atoms with Gasteiger partial charge in [0.25, 0.3) is 0 Å². The van der Waals surface area contributed by atoms with Crippen LogP contribution in [-0.4, -0.2) is 11.9 Å². The highest BCUT2D eigenvalue weighted by molar-refractivity contribution is 6.30. The number of benzene rings is 1. The first kappa shape index (κ1) is 13.3. The number of rotatable bonds is 3. The van der Waals surface area contributed by atoms with Gasteiger partial charge in [0.1, 0.15) is 17.0 Å². The molecule has 1 aromatic carbocycles. The topological polar surface area (TPSA) is 29.1 Å². The highest BCUT2D eigenvalue weighted by Gasteiger charge is 2.23. The number of nitrogens with one attached hydrogen (secondary N) is 1. The van der Waals surface area contributed by atoms with Crippen molar-refractivity contribution >= 4 is 17.5 Å². The lowest BCUT2D eigenvalue weighted by Gasteiger charge is -2.15. The first-order chi connectivity index (χ1) is 8.56. The first-order valence-corrected chi connectivity index (χ1v) is 6.40.